The fourth-order valence-corrected chi connectivity index (χ4v) is 2.33. The summed E-state index contributed by atoms with van der Waals surface area (Å²) in [6, 6.07) is 10.2. The van der Waals surface area contributed by atoms with Crippen molar-refractivity contribution in [3.05, 3.63) is 68.7 Å². The fraction of sp³-hybridized carbons (Fsp3) is 0.222. The molecule has 0 aliphatic carbocycles. The molecule has 0 heterocycles. The van der Waals surface area contributed by atoms with E-state index in [1.807, 2.05) is 20.8 Å². The molecule has 0 bridgehead atoms. The zero-order chi connectivity index (χ0) is 19.5. The van der Waals surface area contributed by atoms with Gasteiger partial charge in [-0.1, -0.05) is 17.7 Å². The van der Waals surface area contributed by atoms with Crippen LogP contribution in [0, 0.1) is 10.1 Å². The topological polar surface area (TPSA) is 101 Å². The van der Waals surface area contributed by atoms with E-state index in [4.69, 9.17) is 11.6 Å². The number of carbonyl (C=O) groups excluding carboxylic acids is 2. The zero-order valence-corrected chi connectivity index (χ0v) is 15.3. The van der Waals surface area contributed by atoms with E-state index in [1.54, 1.807) is 18.2 Å². The molecule has 0 atom stereocenters. The molecule has 2 N–H and O–H groups in total. The Kier molecular flexibility index (Phi) is 5.62. The SMILES string of the molecule is CC(C)(C)NC(=O)c1cccc(NC(=O)c2ccc(Cl)c([N+](=O)[O-])c2)c1. The highest BCUT2D eigenvalue weighted by Gasteiger charge is 2.18. The first-order valence-corrected chi connectivity index (χ1v) is 8.12. The summed E-state index contributed by atoms with van der Waals surface area (Å²) in [5.41, 5.74) is 0.135. The third kappa shape index (κ3) is 5.03. The van der Waals surface area contributed by atoms with Crippen molar-refractivity contribution in [1.82, 2.24) is 5.32 Å². The van der Waals surface area contributed by atoms with Crippen LogP contribution in [0.4, 0.5) is 11.4 Å². The molecule has 0 radical (unpaired) electrons. The van der Waals surface area contributed by atoms with Gasteiger partial charge in [-0.25, -0.2) is 0 Å². The molecule has 0 aliphatic rings. The van der Waals surface area contributed by atoms with Crippen LogP contribution >= 0.6 is 11.6 Å². The number of nitro benzene ring substituents is 1. The second kappa shape index (κ2) is 7.53. The van der Waals surface area contributed by atoms with Gasteiger partial charge in [0.15, 0.2) is 0 Å². The van der Waals surface area contributed by atoms with Gasteiger partial charge in [0.05, 0.1) is 4.92 Å². The maximum Gasteiger partial charge on any atom is 0.288 e. The summed E-state index contributed by atoms with van der Waals surface area (Å²) in [5.74, 6) is -0.811. The van der Waals surface area contributed by atoms with E-state index in [0.29, 0.717) is 11.3 Å². The number of anilines is 1. The molecule has 0 saturated heterocycles. The lowest BCUT2D eigenvalue weighted by atomic mass is 10.1. The number of nitro groups is 1. The Labute approximate surface area is 155 Å². The summed E-state index contributed by atoms with van der Waals surface area (Å²) < 4.78 is 0. The van der Waals surface area contributed by atoms with Crippen LogP contribution in [0.1, 0.15) is 41.5 Å². The molecule has 136 valence electrons. The maximum atomic E-state index is 12.3. The van der Waals surface area contributed by atoms with Gasteiger partial charge in [0, 0.05) is 28.4 Å². The van der Waals surface area contributed by atoms with E-state index >= 15 is 0 Å². The van der Waals surface area contributed by atoms with Crippen molar-refractivity contribution in [3.63, 3.8) is 0 Å². The van der Waals surface area contributed by atoms with Gasteiger partial charge in [-0.2, -0.15) is 0 Å². The molecule has 0 unspecified atom stereocenters. The lowest BCUT2D eigenvalue weighted by Crippen LogP contribution is -2.40. The number of nitrogens with zero attached hydrogens (tertiary/aromatic N) is 1. The second-order valence-electron chi connectivity index (χ2n) is 6.66. The highest BCUT2D eigenvalue weighted by atomic mass is 35.5. The van der Waals surface area contributed by atoms with Crippen LogP contribution in [0.2, 0.25) is 5.02 Å². The van der Waals surface area contributed by atoms with Gasteiger partial charge < -0.3 is 10.6 Å². The zero-order valence-electron chi connectivity index (χ0n) is 14.5. The molecule has 7 nitrogen and oxygen atoms in total. The standard InChI is InChI=1S/C18H18ClN3O4/c1-18(2,3)21-17(24)11-5-4-6-13(9-11)20-16(23)12-7-8-14(19)15(10-12)22(25)26/h4-10H,1-3H3,(H,20,23)(H,21,24). The van der Waals surface area contributed by atoms with Crippen LogP contribution in [-0.2, 0) is 0 Å². The average Bonchev–Trinajstić information content (AvgIpc) is 2.53. The van der Waals surface area contributed by atoms with E-state index in [2.05, 4.69) is 10.6 Å². The molecule has 0 saturated carbocycles. The summed E-state index contributed by atoms with van der Waals surface area (Å²) in [7, 11) is 0. The van der Waals surface area contributed by atoms with Crippen LogP contribution in [-0.4, -0.2) is 22.3 Å². The van der Waals surface area contributed by atoms with E-state index in [0.717, 1.165) is 6.07 Å². The number of hydrogen-bond donors (Lipinski definition) is 2. The van der Waals surface area contributed by atoms with Crippen molar-refractivity contribution in [2.75, 3.05) is 5.32 Å². The Hall–Kier alpha value is -2.93. The monoisotopic (exact) mass is 375 g/mol. The minimum atomic E-state index is -0.656. The molecule has 8 heteroatoms. The van der Waals surface area contributed by atoms with Crippen LogP contribution in [0.3, 0.4) is 0 Å². The second-order valence-corrected chi connectivity index (χ2v) is 7.07. The lowest BCUT2D eigenvalue weighted by molar-refractivity contribution is -0.384. The first kappa shape index (κ1) is 19.4. The molecular formula is C18H18ClN3O4. The smallest absolute Gasteiger partial charge is 0.288 e. The lowest BCUT2D eigenvalue weighted by Gasteiger charge is -2.20. The highest BCUT2D eigenvalue weighted by molar-refractivity contribution is 6.32. The van der Waals surface area contributed by atoms with Gasteiger partial charge in [-0.15, -0.1) is 0 Å². The van der Waals surface area contributed by atoms with E-state index in [9.17, 15) is 19.7 Å². The van der Waals surface area contributed by atoms with Gasteiger partial charge in [0.25, 0.3) is 17.5 Å². The minimum absolute atomic E-state index is 0.0487. The van der Waals surface area contributed by atoms with Gasteiger partial charge >= 0.3 is 0 Å². The maximum absolute atomic E-state index is 12.3. The number of hydrogen-bond acceptors (Lipinski definition) is 4. The van der Waals surface area contributed by atoms with Crippen LogP contribution < -0.4 is 10.6 Å². The molecule has 2 rings (SSSR count). The Morgan fingerprint density at radius 3 is 2.31 bits per heavy atom. The third-order valence-electron chi connectivity index (χ3n) is 3.28. The van der Waals surface area contributed by atoms with Crippen LogP contribution in [0.15, 0.2) is 42.5 Å². The van der Waals surface area contributed by atoms with Crippen molar-refractivity contribution in [3.8, 4) is 0 Å². The van der Waals surface area contributed by atoms with Crippen molar-refractivity contribution in [2.45, 2.75) is 26.3 Å². The minimum Gasteiger partial charge on any atom is -0.347 e. The van der Waals surface area contributed by atoms with Gasteiger partial charge in [0.2, 0.25) is 0 Å². The van der Waals surface area contributed by atoms with Crippen molar-refractivity contribution < 1.29 is 14.5 Å². The van der Waals surface area contributed by atoms with Crippen LogP contribution in [0.25, 0.3) is 0 Å². The number of halogens is 1. The van der Waals surface area contributed by atoms with Crippen LogP contribution in [0.5, 0.6) is 0 Å². The Morgan fingerprint density at radius 1 is 1.04 bits per heavy atom. The summed E-state index contributed by atoms with van der Waals surface area (Å²) in [4.78, 5) is 34.8. The molecular weight excluding hydrogens is 358 g/mol. The first-order valence-electron chi connectivity index (χ1n) is 7.75. The molecule has 0 aromatic heterocycles. The fourth-order valence-electron chi connectivity index (χ4n) is 2.15. The predicted octanol–water partition coefficient (Wildman–Crippen LogP) is 4.03. The van der Waals surface area contributed by atoms with Crippen molar-refractivity contribution in [2.24, 2.45) is 0 Å². The number of rotatable bonds is 4. The summed E-state index contributed by atoms with van der Waals surface area (Å²) >= 11 is 5.75. The number of carbonyl (C=O) groups is 2. The third-order valence-corrected chi connectivity index (χ3v) is 3.60. The average molecular weight is 376 g/mol. The number of nitrogens with one attached hydrogen (secondary N) is 2. The number of amides is 2. The normalized spacial score (nSPS) is 10.9. The van der Waals surface area contributed by atoms with E-state index < -0.39 is 16.4 Å². The summed E-state index contributed by atoms with van der Waals surface area (Å²) in [5, 5.41) is 16.3. The molecule has 0 aliphatic heterocycles. The largest absolute Gasteiger partial charge is 0.347 e. The summed E-state index contributed by atoms with van der Waals surface area (Å²) in [6.45, 7) is 5.60. The van der Waals surface area contributed by atoms with E-state index in [1.165, 1.54) is 18.2 Å². The predicted molar refractivity (Wildman–Crippen MR) is 99.7 cm³/mol. The van der Waals surface area contributed by atoms with Gasteiger partial charge in [-0.3, -0.25) is 19.7 Å². The molecule has 0 fully saturated rings. The molecule has 26 heavy (non-hydrogen) atoms. The van der Waals surface area contributed by atoms with Crippen molar-refractivity contribution >= 4 is 34.8 Å². The van der Waals surface area contributed by atoms with E-state index in [-0.39, 0.29) is 22.2 Å². The van der Waals surface area contributed by atoms with Crippen molar-refractivity contribution in [1.29, 1.82) is 0 Å². The Bertz CT molecular complexity index is 875. The molecule has 0 spiro atoms. The molecule has 2 aromatic carbocycles. The molecule has 2 aromatic rings. The first-order chi connectivity index (χ1) is 12.1. The van der Waals surface area contributed by atoms with Gasteiger partial charge in [0.1, 0.15) is 5.02 Å². The highest BCUT2D eigenvalue weighted by Crippen LogP contribution is 2.25. The Morgan fingerprint density at radius 2 is 1.69 bits per heavy atom. The quantitative estimate of drug-likeness (QED) is 0.622. The molecule has 2 amide bonds. The van der Waals surface area contributed by atoms with Gasteiger partial charge in [-0.05, 0) is 51.1 Å². The number of benzene rings is 2. The Balaban J connectivity index is 2.20. The summed E-state index contributed by atoms with van der Waals surface area (Å²) in [6.07, 6.45) is 0.